The summed E-state index contributed by atoms with van der Waals surface area (Å²) in [4.78, 5) is 179. The monoisotopic (exact) mass is 1760 g/mol. The van der Waals surface area contributed by atoms with Crippen LogP contribution in [-0.2, 0) is 116 Å². The molecule has 6 aromatic rings. The topological polar surface area (TPSA) is 383 Å². The quantitative estimate of drug-likeness (QED) is 0.0140. The first-order valence-electron chi connectivity index (χ1n) is 35.4. The van der Waals surface area contributed by atoms with Crippen molar-refractivity contribution in [3.63, 3.8) is 0 Å². The van der Waals surface area contributed by atoms with Crippen molar-refractivity contribution < 1.29 is 133 Å². The molecule has 34 heteroatoms. The molecule has 0 spiro atoms. The Morgan fingerprint density at radius 2 is 0.679 bits per heavy atom. The number of pyridine rings is 4. The second kappa shape index (κ2) is 40.7. The summed E-state index contributed by atoms with van der Waals surface area (Å²) < 4.78 is 52.6. The normalized spacial score (nSPS) is 12.6. The van der Waals surface area contributed by atoms with Crippen LogP contribution in [0, 0.1) is 27.7 Å². The van der Waals surface area contributed by atoms with E-state index in [0.717, 1.165) is 109 Å². The zero-order chi connectivity index (χ0) is 79.6. The van der Waals surface area contributed by atoms with E-state index < -0.39 is 120 Å². The van der Waals surface area contributed by atoms with Crippen molar-refractivity contribution in [1.29, 1.82) is 0 Å². The number of aromatic nitrogens is 12. The van der Waals surface area contributed by atoms with Gasteiger partial charge < -0.3 is 95.0 Å². The number of aryl methyl sites for hydroxylation is 6. The largest absolute Gasteiger partial charge is 1.00 e. The lowest BCUT2D eigenvalue weighted by Gasteiger charge is -2.32. The molecule has 4 aliphatic heterocycles. The molecule has 112 heavy (non-hydrogen) atoms. The molecule has 2 aromatic carbocycles. The van der Waals surface area contributed by atoms with E-state index in [4.69, 9.17) is 37.9 Å². The minimum Gasteiger partial charge on any atom is -1.00 e. The van der Waals surface area contributed by atoms with Crippen LogP contribution in [-0.4, -0.2) is 146 Å². The lowest BCUT2D eigenvalue weighted by molar-refractivity contribution is -0.697. The first-order chi connectivity index (χ1) is 52.4. The van der Waals surface area contributed by atoms with Crippen LogP contribution in [0.4, 0.5) is 0 Å². The van der Waals surface area contributed by atoms with E-state index in [-0.39, 0.29) is 97.2 Å². The first-order valence-corrected chi connectivity index (χ1v) is 35.4. The molecule has 0 fully saturated rings. The standard InChI is InChI=1S/2C39H43N6O10.2HI/c2*1-23-19-31-32(20-24(23)2)45(21-33(53-26(4)47)36(55-28(6)49)34(54-27(5)48)22-52-25(3)46)37-35(41-31)38(50)44(39(51)42-37)16-8-7-15-43-17-11-30(12-18-43)29-9-13-40-14-10-29;;/h2*9-14,17-20,33-34,36H,7-8,15-16,21-22H2,1-6H3;2*1H/q2*+1;;/p-2. The van der Waals surface area contributed by atoms with E-state index >= 15 is 0 Å². The molecule has 4 aromatic heterocycles. The molecule has 0 saturated carbocycles. The molecule has 6 atom stereocenters. The Bertz CT molecular complexity index is 4910. The second-order valence-corrected chi connectivity index (χ2v) is 26.2. The Morgan fingerprint density at radius 1 is 0.375 bits per heavy atom. The number of rotatable bonds is 30. The number of carbonyl (C=O) groups excluding carboxylic acids is 8. The van der Waals surface area contributed by atoms with Gasteiger partial charge in [-0.05, 0) is 134 Å². The third-order valence-corrected chi connectivity index (χ3v) is 17.8. The van der Waals surface area contributed by atoms with Gasteiger partial charge in [-0.25, -0.2) is 28.7 Å². The summed E-state index contributed by atoms with van der Waals surface area (Å²) in [5.41, 5.74) is 6.10. The van der Waals surface area contributed by atoms with Crippen LogP contribution in [0.5, 0.6) is 0 Å². The average molecular weight is 1770 g/mol. The number of carbonyl (C=O) groups is 8. The second-order valence-electron chi connectivity index (χ2n) is 26.2. The fourth-order valence-electron chi connectivity index (χ4n) is 12.4. The molecule has 4 aliphatic rings. The van der Waals surface area contributed by atoms with Crippen LogP contribution >= 0.6 is 0 Å². The number of halogens is 2. The van der Waals surface area contributed by atoms with Gasteiger partial charge in [-0.3, -0.25) is 67.0 Å². The number of benzene rings is 2. The van der Waals surface area contributed by atoms with Crippen LogP contribution in [0.3, 0.4) is 0 Å². The van der Waals surface area contributed by atoms with E-state index in [9.17, 15) is 57.5 Å². The maximum absolute atomic E-state index is 14.0. The molecule has 6 unspecified atom stereocenters. The fraction of sp³-hybridized carbons (Fsp3) is 0.385. The lowest BCUT2D eigenvalue weighted by Crippen LogP contribution is -3.00. The number of hydrogen-bond donors (Lipinski definition) is 0. The number of unbranched alkanes of at least 4 members (excludes halogenated alkanes) is 2. The Kier molecular flexibility index (Phi) is 32.0. The minimum absolute atomic E-state index is 0. The molecule has 0 N–H and O–H groups in total. The predicted octanol–water partition coefficient (Wildman–Crippen LogP) is -0.266. The van der Waals surface area contributed by atoms with Gasteiger partial charge in [-0.1, -0.05) is 0 Å². The molecule has 32 nitrogen and oxygen atoms in total. The minimum atomic E-state index is -1.50. The molecule has 0 radical (unpaired) electrons. The van der Waals surface area contributed by atoms with Crippen LogP contribution < -0.4 is 79.6 Å². The zero-order valence-electron chi connectivity index (χ0n) is 63.8. The highest BCUT2D eigenvalue weighted by Crippen LogP contribution is 2.30. The molecular formula is C78H86I2N12O20. The lowest BCUT2D eigenvalue weighted by atomic mass is 10.1. The summed E-state index contributed by atoms with van der Waals surface area (Å²) in [7, 11) is 0. The third kappa shape index (κ3) is 23.4. The molecule has 0 saturated heterocycles. The average Bonchev–Trinajstić information content (AvgIpc) is 0.749. The summed E-state index contributed by atoms with van der Waals surface area (Å²) in [6.07, 6.45) is 8.50. The highest BCUT2D eigenvalue weighted by molar-refractivity contribution is 5.83. The molecule has 8 heterocycles. The molecule has 592 valence electrons. The van der Waals surface area contributed by atoms with Crippen LogP contribution in [0.1, 0.15) is 103 Å². The Hall–Kier alpha value is -11.2. The number of nitrogens with zero attached hydrogens (tertiary/aromatic N) is 12. The smallest absolute Gasteiger partial charge is 0.352 e. The highest BCUT2D eigenvalue weighted by Gasteiger charge is 2.41. The van der Waals surface area contributed by atoms with Crippen LogP contribution in [0.15, 0.2) is 142 Å². The van der Waals surface area contributed by atoms with Gasteiger partial charge in [0.2, 0.25) is 0 Å². The van der Waals surface area contributed by atoms with Gasteiger partial charge in [-0.2, -0.15) is 9.97 Å². The van der Waals surface area contributed by atoms with Crippen molar-refractivity contribution in [2.24, 2.45) is 0 Å². The summed E-state index contributed by atoms with van der Waals surface area (Å²) in [5, 5.41) is 0. The number of hydrogen-bond acceptors (Lipinski definition) is 26. The molecule has 0 bridgehead atoms. The van der Waals surface area contributed by atoms with E-state index in [1.807, 2.05) is 110 Å². The van der Waals surface area contributed by atoms with Gasteiger partial charge in [0.15, 0.2) is 84.4 Å². The number of esters is 8. The van der Waals surface area contributed by atoms with Gasteiger partial charge >= 0.3 is 59.1 Å². The van der Waals surface area contributed by atoms with Crippen molar-refractivity contribution in [3.05, 3.63) is 186 Å². The molecule has 10 rings (SSSR count). The van der Waals surface area contributed by atoms with Gasteiger partial charge in [0.25, 0.3) is 11.1 Å². The summed E-state index contributed by atoms with van der Waals surface area (Å²) >= 11 is 0. The Balaban J connectivity index is 0.000000305. The van der Waals surface area contributed by atoms with Gasteiger partial charge in [0.1, 0.15) is 26.3 Å². The molecule has 0 aliphatic carbocycles. The van der Waals surface area contributed by atoms with Crippen molar-refractivity contribution in [1.82, 2.24) is 48.2 Å². The van der Waals surface area contributed by atoms with Crippen molar-refractivity contribution in [3.8, 4) is 45.3 Å². The van der Waals surface area contributed by atoms with E-state index in [0.29, 0.717) is 60.8 Å². The number of ether oxygens (including phenoxy) is 8. The summed E-state index contributed by atoms with van der Waals surface area (Å²) in [6, 6.07) is 22.9. The third-order valence-electron chi connectivity index (χ3n) is 17.8. The van der Waals surface area contributed by atoms with Crippen LogP contribution in [0.2, 0.25) is 0 Å². The molecule has 0 amide bonds. The van der Waals surface area contributed by atoms with Crippen LogP contribution in [0.25, 0.3) is 67.4 Å². The maximum Gasteiger partial charge on any atom is 0.352 e. The summed E-state index contributed by atoms with van der Waals surface area (Å²) in [6.45, 7) is 16.2. The van der Waals surface area contributed by atoms with Gasteiger partial charge in [0.05, 0.1) is 35.2 Å². The summed E-state index contributed by atoms with van der Waals surface area (Å²) in [5.74, 6) is -6.38. The maximum atomic E-state index is 14.0. The van der Waals surface area contributed by atoms with E-state index in [1.165, 1.54) is 9.13 Å². The Labute approximate surface area is 676 Å². The highest BCUT2D eigenvalue weighted by atomic mass is 127. The van der Waals surface area contributed by atoms with Gasteiger partial charge in [0, 0.05) is 130 Å². The Morgan fingerprint density at radius 3 is 0.991 bits per heavy atom. The van der Waals surface area contributed by atoms with Crippen molar-refractivity contribution in [2.45, 2.75) is 185 Å². The van der Waals surface area contributed by atoms with Crippen molar-refractivity contribution >= 4 is 69.8 Å². The first kappa shape index (κ1) is 88.0. The van der Waals surface area contributed by atoms with E-state index in [1.54, 1.807) is 49.1 Å². The number of fused-ring (bicyclic) bond motifs is 4. The predicted molar refractivity (Wildman–Crippen MR) is 393 cm³/mol. The fourth-order valence-corrected chi connectivity index (χ4v) is 12.4. The van der Waals surface area contributed by atoms with Crippen molar-refractivity contribution in [2.75, 3.05) is 13.2 Å². The SMILES string of the molecule is CC(=O)OCC(OC(C)=O)C(OC(C)=O)C(Cn1c2nc(=O)n(CCCC[n+]3ccc(-c4ccncc4)cc3)c(=O)c-2nc2cc(C)c(C)cc21)OC(C)=O.CC(=O)OCC(OC(C)=O)C(OC(C)=O)C(Cn1c2nc(=O)n(CCCC[n+]3ccc(-c4ccncc4)cc3)c(=O)c-2nc2cc(C)c(C)cc21)OC(C)=O.[I-].[I-]. The molecular weight excluding hydrogens is 1680 g/mol. The van der Waals surface area contributed by atoms with Gasteiger partial charge in [-0.15, -0.1) is 0 Å². The zero-order valence-corrected chi connectivity index (χ0v) is 68.1. The van der Waals surface area contributed by atoms with E-state index in [2.05, 4.69) is 29.9 Å².